The van der Waals surface area contributed by atoms with Crippen LogP contribution in [0.2, 0.25) is 0 Å². The Kier molecular flexibility index (Phi) is 14.8. The lowest BCUT2D eigenvalue weighted by atomic mass is 9.72. The molecule has 1 aromatic carbocycles. The molecule has 0 unspecified atom stereocenters. The van der Waals surface area contributed by atoms with E-state index < -0.39 is 35.1 Å². The number of esters is 1. The molecule has 10 heterocycles. The van der Waals surface area contributed by atoms with Crippen molar-refractivity contribution in [3.05, 3.63) is 52.1 Å². The fraction of sp³-hybridized carbons (Fsp3) is 0.678. The summed E-state index contributed by atoms with van der Waals surface area (Å²) in [6, 6.07) is 7.21. The molecule has 2 amide bonds. The number of methoxy groups -OCH3 is 2. The second kappa shape index (κ2) is 21.4. The van der Waals surface area contributed by atoms with E-state index in [2.05, 4.69) is 94.3 Å². The van der Waals surface area contributed by atoms with Crippen molar-refractivity contribution in [1.29, 1.82) is 0 Å². The van der Waals surface area contributed by atoms with Crippen LogP contribution in [-0.4, -0.2) is 175 Å². The Morgan fingerprint density at radius 2 is 1.77 bits per heavy atom. The van der Waals surface area contributed by atoms with Gasteiger partial charge >= 0.3 is 5.97 Å². The van der Waals surface area contributed by atoms with Crippen molar-refractivity contribution in [2.24, 2.45) is 11.3 Å². The van der Waals surface area contributed by atoms with Crippen molar-refractivity contribution < 1.29 is 42.8 Å². The number of benzene rings is 1. The molecule has 18 nitrogen and oxygen atoms in total. The summed E-state index contributed by atoms with van der Waals surface area (Å²) in [6.07, 6.45) is 8.79. The second-order valence-corrected chi connectivity index (χ2v) is 26.0. The number of fused-ring (bicyclic) bond motifs is 7. The number of hydrogen-bond donors (Lipinski definition) is 2. The minimum atomic E-state index is -1.06. The summed E-state index contributed by atoms with van der Waals surface area (Å²) < 4.78 is 40.0. The van der Waals surface area contributed by atoms with Crippen LogP contribution >= 0.6 is 11.3 Å². The van der Waals surface area contributed by atoms with E-state index >= 15 is 4.79 Å². The van der Waals surface area contributed by atoms with Crippen LogP contribution in [0.25, 0.3) is 33.4 Å². The number of piperazine rings is 1. The molecule has 19 heteroatoms. The molecule has 2 aliphatic carbocycles. The van der Waals surface area contributed by atoms with Gasteiger partial charge in [0.1, 0.15) is 22.7 Å². The van der Waals surface area contributed by atoms with E-state index in [9.17, 15) is 9.59 Å². The third-order valence-corrected chi connectivity index (χ3v) is 19.3. The summed E-state index contributed by atoms with van der Waals surface area (Å²) in [7, 11) is 3.44. The molecule has 8 bridgehead atoms. The number of carbonyl (C=O) groups is 3. The van der Waals surface area contributed by atoms with Gasteiger partial charge in [-0.1, -0.05) is 19.9 Å². The molecule has 4 aromatic rings. The van der Waals surface area contributed by atoms with Crippen molar-refractivity contribution in [2.75, 3.05) is 84.8 Å². The van der Waals surface area contributed by atoms with E-state index in [1.165, 1.54) is 29.2 Å². The molecule has 3 aromatic heterocycles. The molecule has 2 N–H and O–H groups in total. The van der Waals surface area contributed by atoms with E-state index in [1.807, 2.05) is 13.1 Å². The van der Waals surface area contributed by atoms with E-state index in [1.54, 1.807) is 14.2 Å². The Labute approximate surface area is 463 Å². The number of hydrogen-bond acceptors (Lipinski definition) is 16. The highest BCUT2D eigenvalue weighted by Crippen LogP contribution is 2.53. The maximum Gasteiger partial charge on any atom is 0.324 e. The Morgan fingerprint density at radius 3 is 2.49 bits per heavy atom. The Morgan fingerprint density at radius 1 is 0.974 bits per heavy atom. The highest BCUT2D eigenvalue weighted by molar-refractivity contribution is 7.10. The number of aromatic nitrogens is 3. The van der Waals surface area contributed by atoms with Gasteiger partial charge < -0.3 is 43.2 Å². The van der Waals surface area contributed by atoms with E-state index in [0.29, 0.717) is 82.4 Å². The van der Waals surface area contributed by atoms with Gasteiger partial charge in [0.15, 0.2) is 0 Å². The van der Waals surface area contributed by atoms with Crippen molar-refractivity contribution in [2.45, 2.75) is 166 Å². The van der Waals surface area contributed by atoms with Gasteiger partial charge in [0.05, 0.1) is 78.2 Å². The standard InChI is InChI=1S/C59H81N9O9S/c1-35-38-26-59(27-38,77-35)56(71)62-50-52(66-31-42(32-66)73-8)53-61-47(33-78-53)37-11-14-48-43(24-37)45(29-57(3,4)34-75-55(70)46-10-9-16-68(63-46)54(50)69)51(67(48)21-23-74-41-15-22-76-58(5,6)28-41)44-25-40(30-60-49(44)36(2)72-7)65-19-17-64(18-20-65)39-12-13-39/h11,14,24-25,30,33,35-36,38-39,41-42,46,50,52,63H,9-10,12-13,15-23,26-29,31-32,34H2,1-8H3,(H,62,71)/t35-,36-,38?,41-,46-,50-,52-,59?/m0/s1. The third-order valence-electron chi connectivity index (χ3n) is 18.3. The predicted molar refractivity (Wildman–Crippen MR) is 297 cm³/mol. The zero-order valence-corrected chi connectivity index (χ0v) is 47.8. The minimum absolute atomic E-state index is 0.0353. The van der Waals surface area contributed by atoms with Crippen molar-refractivity contribution in [1.82, 2.24) is 40.1 Å². The van der Waals surface area contributed by atoms with Crippen molar-refractivity contribution in [3.63, 3.8) is 0 Å². The lowest BCUT2D eigenvalue weighted by Gasteiger charge is -2.47. The van der Waals surface area contributed by atoms with Gasteiger partial charge in [0, 0.05) is 118 Å². The summed E-state index contributed by atoms with van der Waals surface area (Å²) in [5, 5.41) is 8.61. The first-order valence-electron chi connectivity index (χ1n) is 28.9. The molecular weight excluding hydrogens is 1010 g/mol. The molecule has 8 fully saturated rings. The first kappa shape index (κ1) is 54.0. The fourth-order valence-corrected chi connectivity index (χ4v) is 14.5. The van der Waals surface area contributed by atoms with Crippen LogP contribution < -0.4 is 15.6 Å². The predicted octanol–water partition coefficient (Wildman–Crippen LogP) is 6.84. The largest absolute Gasteiger partial charge is 0.464 e. The van der Waals surface area contributed by atoms with Gasteiger partial charge in [-0.3, -0.25) is 34.2 Å². The number of hydrazine groups is 1. The molecule has 13 rings (SSSR count). The molecule has 0 spiro atoms. The van der Waals surface area contributed by atoms with Crippen LogP contribution in [0.5, 0.6) is 0 Å². The van der Waals surface area contributed by atoms with Crippen molar-refractivity contribution in [3.8, 4) is 22.5 Å². The van der Waals surface area contributed by atoms with Crippen LogP contribution in [0.1, 0.15) is 121 Å². The van der Waals surface area contributed by atoms with Crippen LogP contribution in [0.15, 0.2) is 35.8 Å². The first-order chi connectivity index (χ1) is 37.5. The number of anilines is 1. The van der Waals surface area contributed by atoms with Gasteiger partial charge in [0.2, 0.25) is 0 Å². The van der Waals surface area contributed by atoms with Crippen LogP contribution in [0.4, 0.5) is 5.69 Å². The third kappa shape index (κ3) is 10.5. The summed E-state index contributed by atoms with van der Waals surface area (Å²) in [5.74, 6) is -0.736. The number of rotatable bonds is 13. The monoisotopic (exact) mass is 1090 g/mol. The number of nitrogens with zero attached hydrogens (tertiary/aromatic N) is 7. The van der Waals surface area contributed by atoms with E-state index in [4.69, 9.17) is 38.4 Å². The Balaban J connectivity index is 0.998. The van der Waals surface area contributed by atoms with Gasteiger partial charge in [-0.05, 0) is 109 Å². The average molecular weight is 1090 g/mol. The summed E-state index contributed by atoms with van der Waals surface area (Å²) >= 11 is 1.49. The lowest BCUT2D eigenvalue weighted by molar-refractivity contribution is -0.158. The maximum atomic E-state index is 15.3. The number of thiazole rings is 1. The zero-order valence-electron chi connectivity index (χ0n) is 47.0. The van der Waals surface area contributed by atoms with Gasteiger partial charge in [-0.15, -0.1) is 11.3 Å². The average Bonchev–Trinajstić information content (AvgIpc) is 4.00. The summed E-state index contributed by atoms with van der Waals surface area (Å²) in [4.78, 5) is 62.3. The summed E-state index contributed by atoms with van der Waals surface area (Å²) in [5.41, 5.74) is 9.31. The zero-order chi connectivity index (χ0) is 54.3. The maximum absolute atomic E-state index is 15.3. The Bertz CT molecular complexity index is 2880. The van der Waals surface area contributed by atoms with E-state index in [0.717, 1.165) is 95.4 Å². The number of carbonyl (C=O) groups excluding carboxylic acids is 3. The van der Waals surface area contributed by atoms with Gasteiger partial charge in [0.25, 0.3) is 11.8 Å². The smallest absolute Gasteiger partial charge is 0.324 e. The van der Waals surface area contributed by atoms with Crippen molar-refractivity contribution >= 4 is 45.7 Å². The fourth-order valence-electron chi connectivity index (χ4n) is 13.5. The molecule has 6 saturated heterocycles. The topological polar surface area (TPSA) is 174 Å². The van der Waals surface area contributed by atoms with E-state index in [-0.39, 0.29) is 48.4 Å². The molecule has 7 aliphatic heterocycles. The number of likely N-dealkylation sites (tertiary alicyclic amines) is 1. The molecule has 78 heavy (non-hydrogen) atoms. The normalized spacial score (nSPS) is 30.2. The second-order valence-electron chi connectivity index (χ2n) is 25.1. The minimum Gasteiger partial charge on any atom is -0.464 e. The van der Waals surface area contributed by atoms with Crippen LogP contribution in [-0.2, 0) is 55.8 Å². The van der Waals surface area contributed by atoms with Gasteiger partial charge in [-0.25, -0.2) is 10.4 Å². The molecule has 422 valence electrons. The molecular formula is C59H81N9O9S. The van der Waals surface area contributed by atoms with Crippen LogP contribution in [0.3, 0.4) is 0 Å². The number of amides is 2. The molecule has 9 aliphatic rings. The first-order valence-corrected chi connectivity index (χ1v) is 29.8. The Hall–Kier alpha value is -4.57. The number of ether oxygens (including phenoxy) is 6. The summed E-state index contributed by atoms with van der Waals surface area (Å²) in [6.45, 7) is 19.9. The molecule has 2 saturated carbocycles. The number of pyridine rings is 1. The highest BCUT2D eigenvalue weighted by Gasteiger charge is 2.61. The number of cyclic esters (lactones) is 1. The molecule has 6 atom stereocenters. The lowest BCUT2D eigenvalue weighted by Crippen LogP contribution is -2.66. The highest BCUT2D eigenvalue weighted by atomic mass is 32.1. The number of nitrogens with one attached hydrogen (secondary N) is 2. The van der Waals surface area contributed by atoms with Gasteiger partial charge in [-0.2, -0.15) is 0 Å². The quantitative estimate of drug-likeness (QED) is 0.133. The van der Waals surface area contributed by atoms with Crippen LogP contribution in [0, 0.1) is 11.3 Å². The SMILES string of the molecule is COC1CN([C@@H]2c3nc(cs3)-c3ccc4c(c3)c(c(-c3cc(N5CCN(C6CC6)CC5)cnc3[C@H](C)OC)n4CCO[C@H]3CCOC(C)(C)C3)CC(C)(C)COC(=O)[C@@H]3CCCN(N3)C(=O)[C@H]2NC(=O)C23CC(C2)[C@H](C)O3)C1. The molecule has 0 radical (unpaired) electrons.